The fourth-order valence-electron chi connectivity index (χ4n) is 2.65. The normalized spacial score (nSPS) is 11.5. The highest BCUT2D eigenvalue weighted by Gasteiger charge is 2.23. The molecule has 3 rings (SSSR count). The van der Waals surface area contributed by atoms with E-state index in [1.165, 1.54) is 22.5 Å². The summed E-state index contributed by atoms with van der Waals surface area (Å²) in [7, 11) is -3.68. The van der Waals surface area contributed by atoms with Crippen LogP contribution in [0.2, 0.25) is 0 Å². The lowest BCUT2D eigenvalue weighted by atomic mass is 10.3. The quantitative estimate of drug-likeness (QED) is 0.576. The van der Waals surface area contributed by atoms with E-state index in [0.29, 0.717) is 17.9 Å². The average molecular weight is 413 g/mol. The van der Waals surface area contributed by atoms with Crippen LogP contribution in [0.5, 0.6) is 0 Å². The van der Waals surface area contributed by atoms with Gasteiger partial charge in [0.1, 0.15) is 0 Å². The maximum absolute atomic E-state index is 13.0. The number of hydrogen-bond donors (Lipinski definition) is 1. The standard InChI is InChI=1S/C21H20N2O3S2/c1-2-23(18-7-4-3-5-8-18)28(25,26)20-13-10-17(11-14-20)22-21(24)15-12-19-9-6-16-27-19/h3-16H,2H2,1H3,(H,22,24)/b15-12+. The van der Waals surface area contributed by atoms with E-state index in [9.17, 15) is 13.2 Å². The number of thiophene rings is 1. The Morgan fingerprint density at radius 3 is 2.36 bits per heavy atom. The zero-order valence-electron chi connectivity index (χ0n) is 15.3. The van der Waals surface area contributed by atoms with Crippen LogP contribution in [-0.2, 0) is 14.8 Å². The molecule has 0 aliphatic carbocycles. The molecule has 0 spiro atoms. The summed E-state index contributed by atoms with van der Waals surface area (Å²) in [6.07, 6.45) is 3.18. The third-order valence-electron chi connectivity index (χ3n) is 3.98. The molecule has 0 aliphatic rings. The second-order valence-electron chi connectivity index (χ2n) is 5.87. The Bertz CT molecular complexity index is 1040. The summed E-state index contributed by atoms with van der Waals surface area (Å²) < 4.78 is 27.3. The number of sulfonamides is 1. The van der Waals surface area contributed by atoms with E-state index < -0.39 is 10.0 Å². The van der Waals surface area contributed by atoms with E-state index >= 15 is 0 Å². The zero-order valence-corrected chi connectivity index (χ0v) is 16.9. The van der Waals surface area contributed by atoms with Gasteiger partial charge in [-0.25, -0.2) is 8.42 Å². The molecule has 28 heavy (non-hydrogen) atoms. The van der Waals surface area contributed by atoms with E-state index in [1.54, 1.807) is 60.7 Å². The molecule has 0 saturated carbocycles. The molecule has 0 aliphatic heterocycles. The van der Waals surface area contributed by atoms with Crippen LogP contribution in [0.25, 0.3) is 6.08 Å². The first-order valence-corrected chi connectivity index (χ1v) is 11.0. The van der Waals surface area contributed by atoms with Crippen molar-refractivity contribution in [3.8, 4) is 0 Å². The number of carbonyl (C=O) groups is 1. The number of para-hydroxylation sites is 1. The molecule has 0 unspecified atom stereocenters. The molecule has 7 heteroatoms. The van der Waals surface area contributed by atoms with E-state index in [1.807, 2.05) is 23.6 Å². The Morgan fingerprint density at radius 2 is 1.75 bits per heavy atom. The van der Waals surface area contributed by atoms with Crippen molar-refractivity contribution in [3.63, 3.8) is 0 Å². The third-order valence-corrected chi connectivity index (χ3v) is 6.74. The molecule has 0 fully saturated rings. The topological polar surface area (TPSA) is 66.5 Å². The van der Waals surface area contributed by atoms with Crippen LogP contribution in [0.4, 0.5) is 11.4 Å². The van der Waals surface area contributed by atoms with Gasteiger partial charge in [0.2, 0.25) is 5.91 Å². The Kier molecular flexibility index (Phi) is 6.28. The Balaban J connectivity index is 1.73. The molecule has 1 amide bonds. The fraction of sp³-hybridized carbons (Fsp3) is 0.0952. The SMILES string of the molecule is CCN(c1ccccc1)S(=O)(=O)c1ccc(NC(=O)/C=C/c2cccs2)cc1. The molecule has 0 radical (unpaired) electrons. The van der Waals surface area contributed by atoms with Gasteiger partial charge < -0.3 is 5.32 Å². The molecule has 144 valence electrons. The molecule has 0 bridgehead atoms. The van der Waals surface area contributed by atoms with Crippen molar-refractivity contribution in [2.24, 2.45) is 0 Å². The van der Waals surface area contributed by atoms with Gasteiger partial charge in [0.15, 0.2) is 0 Å². The van der Waals surface area contributed by atoms with Crippen LogP contribution in [0.3, 0.4) is 0 Å². The number of anilines is 2. The van der Waals surface area contributed by atoms with Crippen molar-refractivity contribution in [1.82, 2.24) is 0 Å². The predicted molar refractivity (Wildman–Crippen MR) is 115 cm³/mol. The largest absolute Gasteiger partial charge is 0.323 e. The van der Waals surface area contributed by atoms with Crippen molar-refractivity contribution >= 4 is 44.7 Å². The smallest absolute Gasteiger partial charge is 0.264 e. The fourth-order valence-corrected chi connectivity index (χ4v) is 4.74. The molecule has 0 atom stereocenters. The van der Waals surface area contributed by atoms with Crippen molar-refractivity contribution in [2.75, 3.05) is 16.2 Å². The minimum atomic E-state index is -3.68. The van der Waals surface area contributed by atoms with Crippen LogP contribution in [0, 0.1) is 0 Å². The second kappa shape index (κ2) is 8.86. The first kappa shape index (κ1) is 19.9. The number of carbonyl (C=O) groups excluding carboxylic acids is 1. The second-order valence-corrected chi connectivity index (χ2v) is 8.71. The summed E-state index contributed by atoms with van der Waals surface area (Å²) in [4.78, 5) is 13.2. The van der Waals surface area contributed by atoms with Gasteiger partial charge in [-0.15, -0.1) is 11.3 Å². The summed E-state index contributed by atoms with van der Waals surface area (Å²) >= 11 is 1.54. The maximum Gasteiger partial charge on any atom is 0.264 e. The number of rotatable bonds is 7. The van der Waals surface area contributed by atoms with Crippen molar-refractivity contribution < 1.29 is 13.2 Å². The third kappa shape index (κ3) is 4.68. The molecule has 0 saturated heterocycles. The molecule has 3 aromatic rings. The summed E-state index contributed by atoms with van der Waals surface area (Å²) in [5, 5.41) is 4.66. The lowest BCUT2D eigenvalue weighted by Gasteiger charge is -2.23. The lowest BCUT2D eigenvalue weighted by molar-refractivity contribution is -0.111. The number of amides is 1. The van der Waals surface area contributed by atoms with Gasteiger partial charge in [-0.05, 0) is 60.8 Å². The van der Waals surface area contributed by atoms with Crippen LogP contribution in [0.1, 0.15) is 11.8 Å². The van der Waals surface area contributed by atoms with Crippen LogP contribution in [-0.4, -0.2) is 20.9 Å². The Hall–Kier alpha value is -2.90. The van der Waals surface area contributed by atoms with Gasteiger partial charge in [-0.2, -0.15) is 0 Å². The van der Waals surface area contributed by atoms with E-state index in [4.69, 9.17) is 0 Å². The monoisotopic (exact) mass is 412 g/mol. The number of benzene rings is 2. The maximum atomic E-state index is 13.0. The van der Waals surface area contributed by atoms with Gasteiger partial charge in [-0.1, -0.05) is 24.3 Å². The molecule has 2 aromatic carbocycles. The van der Waals surface area contributed by atoms with Crippen LogP contribution < -0.4 is 9.62 Å². The number of hydrogen-bond acceptors (Lipinski definition) is 4. The number of nitrogens with one attached hydrogen (secondary N) is 1. The molecule has 5 nitrogen and oxygen atoms in total. The van der Waals surface area contributed by atoms with Crippen molar-refractivity contribution in [2.45, 2.75) is 11.8 Å². The zero-order chi connectivity index (χ0) is 20.0. The van der Waals surface area contributed by atoms with E-state index in [0.717, 1.165) is 4.88 Å². The molecule has 1 heterocycles. The van der Waals surface area contributed by atoms with Gasteiger partial charge in [0.05, 0.1) is 10.6 Å². The summed E-state index contributed by atoms with van der Waals surface area (Å²) in [6.45, 7) is 2.11. The summed E-state index contributed by atoms with van der Waals surface area (Å²) in [5.74, 6) is -0.275. The van der Waals surface area contributed by atoms with Gasteiger partial charge >= 0.3 is 0 Å². The highest BCUT2D eigenvalue weighted by molar-refractivity contribution is 7.92. The lowest BCUT2D eigenvalue weighted by Crippen LogP contribution is -2.30. The molecule has 1 aromatic heterocycles. The minimum absolute atomic E-state index is 0.172. The van der Waals surface area contributed by atoms with Gasteiger partial charge in [-0.3, -0.25) is 9.10 Å². The van der Waals surface area contributed by atoms with E-state index in [-0.39, 0.29) is 10.8 Å². The average Bonchev–Trinajstić information content (AvgIpc) is 3.22. The molecule has 1 N–H and O–H groups in total. The Labute approximate surface area is 169 Å². The summed E-state index contributed by atoms with van der Waals surface area (Å²) in [6, 6.07) is 19.0. The van der Waals surface area contributed by atoms with Crippen LogP contribution in [0.15, 0.2) is 83.1 Å². The Morgan fingerprint density at radius 1 is 1.04 bits per heavy atom. The van der Waals surface area contributed by atoms with Crippen LogP contribution >= 0.6 is 11.3 Å². The highest BCUT2D eigenvalue weighted by Crippen LogP contribution is 2.24. The van der Waals surface area contributed by atoms with Crippen molar-refractivity contribution in [1.29, 1.82) is 0 Å². The first-order valence-electron chi connectivity index (χ1n) is 8.71. The molecular weight excluding hydrogens is 392 g/mol. The van der Waals surface area contributed by atoms with Gasteiger partial charge in [0.25, 0.3) is 10.0 Å². The number of nitrogens with zero attached hydrogens (tertiary/aromatic N) is 1. The van der Waals surface area contributed by atoms with E-state index in [2.05, 4.69) is 5.32 Å². The predicted octanol–water partition coefficient (Wildman–Crippen LogP) is 4.62. The van der Waals surface area contributed by atoms with Crippen molar-refractivity contribution in [3.05, 3.63) is 83.1 Å². The minimum Gasteiger partial charge on any atom is -0.323 e. The summed E-state index contributed by atoms with van der Waals surface area (Å²) in [5.41, 5.74) is 1.14. The highest BCUT2D eigenvalue weighted by atomic mass is 32.2. The molecular formula is C21H20N2O3S2. The first-order chi connectivity index (χ1) is 13.5. The van der Waals surface area contributed by atoms with Gasteiger partial charge in [0, 0.05) is 23.2 Å².